The van der Waals surface area contributed by atoms with Crippen molar-refractivity contribution in [3.63, 3.8) is 0 Å². The van der Waals surface area contributed by atoms with Crippen LogP contribution >= 0.6 is 0 Å². The van der Waals surface area contributed by atoms with Crippen molar-refractivity contribution in [2.75, 3.05) is 39.9 Å². The molecule has 0 aromatic heterocycles. The largest absolute Gasteiger partial charge is 0.492 e. The summed E-state index contributed by atoms with van der Waals surface area (Å²) in [7, 11) is 1.53. The van der Waals surface area contributed by atoms with Crippen molar-refractivity contribution in [1.29, 1.82) is 5.26 Å². The number of amides is 2. The minimum atomic E-state index is -1.19. The fourth-order valence-electron chi connectivity index (χ4n) is 7.75. The summed E-state index contributed by atoms with van der Waals surface area (Å²) in [5, 5.41) is 12.1. The van der Waals surface area contributed by atoms with E-state index < -0.39 is 41.5 Å². The van der Waals surface area contributed by atoms with Gasteiger partial charge in [0, 0.05) is 74.3 Å². The van der Waals surface area contributed by atoms with Crippen LogP contribution in [0.25, 0.3) is 11.1 Å². The maximum atomic E-state index is 14.6. The minimum Gasteiger partial charge on any atom is -0.492 e. The number of nitrogens with zero attached hydrogens (tertiary/aromatic N) is 2. The molecule has 1 aliphatic rings. The molecule has 4 atom stereocenters. The molecule has 0 unspecified atom stereocenters. The zero-order chi connectivity index (χ0) is 43.8. The van der Waals surface area contributed by atoms with Gasteiger partial charge in [-0.15, -0.1) is 0 Å². The van der Waals surface area contributed by atoms with E-state index in [4.69, 9.17) is 26.7 Å². The van der Waals surface area contributed by atoms with E-state index in [0.29, 0.717) is 39.3 Å². The molecule has 0 saturated carbocycles. The summed E-state index contributed by atoms with van der Waals surface area (Å²) in [5.74, 6) is -2.74. The lowest BCUT2D eigenvalue weighted by Crippen LogP contribution is -2.46. The SMILES string of the molecule is CCCCCc1ccc(C(=O)C[C@@H](CCN)C(=O)N(C)[C@@H]2C(=O)C[C@@H](C)C(=O)N[C@H](C(=O)CCC#N)Cc3ccc(OCCN)c(c3)-c3cc2ccc3OCCN)c(C)c1. The summed E-state index contributed by atoms with van der Waals surface area (Å²) < 4.78 is 12.2. The van der Waals surface area contributed by atoms with E-state index in [0.717, 1.165) is 36.8 Å². The van der Waals surface area contributed by atoms with Gasteiger partial charge in [0.15, 0.2) is 17.3 Å². The third kappa shape index (κ3) is 12.5. The Balaban J connectivity index is 1.83. The number of fused-ring (bicyclic) bond motifs is 5. The molecule has 0 fully saturated rings. The van der Waals surface area contributed by atoms with Crippen molar-refractivity contribution < 1.29 is 33.4 Å². The summed E-state index contributed by atoms with van der Waals surface area (Å²) >= 11 is 0. The number of ketones is 3. The van der Waals surface area contributed by atoms with Crippen LogP contribution in [0.2, 0.25) is 0 Å². The average Bonchev–Trinajstić information content (AvgIpc) is 3.23. The first-order valence-corrected chi connectivity index (χ1v) is 21.1. The van der Waals surface area contributed by atoms with Crippen molar-refractivity contribution in [3.8, 4) is 28.7 Å². The first-order chi connectivity index (χ1) is 28.9. The average molecular weight is 823 g/mol. The van der Waals surface area contributed by atoms with Gasteiger partial charge in [-0.25, -0.2) is 0 Å². The molecular weight excluding hydrogens is 761 g/mol. The molecule has 4 bridgehead atoms. The zero-order valence-corrected chi connectivity index (χ0v) is 35.6. The predicted octanol–water partition coefficient (Wildman–Crippen LogP) is 5.32. The fourth-order valence-corrected chi connectivity index (χ4v) is 7.75. The first kappa shape index (κ1) is 47.3. The summed E-state index contributed by atoms with van der Waals surface area (Å²) in [5.41, 5.74) is 22.5. The standard InChI is InChI=1S/C47H62N6O7/c1-5-6-7-9-32-11-14-36(30(2)24-32)41(55)29-35(17-19-49)47(58)53(4)45-34-13-16-44(60-23-21-51)38(28-34)37-26-33(12-15-43(37)59-22-20-50)27-39(40(54)10-8-18-48)52-46(57)31(3)25-42(45)56/h11-16,24,26,28,31,35,39,45H,5-10,17,19-23,25,27,29,49-51H2,1-4H3,(H,52,57)/t31-,35-,39+,45+/m1/s1. The molecular formula is C47H62N6O7. The van der Waals surface area contributed by atoms with E-state index in [1.807, 2.05) is 37.3 Å². The van der Waals surface area contributed by atoms with E-state index in [9.17, 15) is 29.2 Å². The summed E-state index contributed by atoms with van der Waals surface area (Å²) in [6.45, 7) is 6.62. The molecule has 0 aliphatic carbocycles. The van der Waals surface area contributed by atoms with Crippen molar-refractivity contribution in [2.45, 2.75) is 97.1 Å². The minimum absolute atomic E-state index is 0.0191. The first-order valence-electron chi connectivity index (χ1n) is 21.1. The van der Waals surface area contributed by atoms with Crippen LogP contribution in [-0.4, -0.2) is 80.0 Å². The molecule has 13 nitrogen and oxygen atoms in total. The normalized spacial score (nSPS) is 17.1. The smallest absolute Gasteiger partial charge is 0.226 e. The Bertz CT molecular complexity index is 2030. The molecule has 322 valence electrons. The summed E-state index contributed by atoms with van der Waals surface area (Å²) in [4.78, 5) is 71.7. The van der Waals surface area contributed by atoms with E-state index in [1.165, 1.54) is 11.9 Å². The van der Waals surface area contributed by atoms with Gasteiger partial charge in [-0.05, 0) is 85.7 Å². The third-order valence-corrected chi connectivity index (χ3v) is 11.0. The number of benzene rings is 3. The Labute approximate surface area is 354 Å². The van der Waals surface area contributed by atoms with Gasteiger partial charge in [0.05, 0.1) is 12.1 Å². The van der Waals surface area contributed by atoms with Crippen LogP contribution in [0.3, 0.4) is 0 Å². The topological polar surface area (TPSA) is 221 Å². The molecule has 1 aliphatic heterocycles. The maximum Gasteiger partial charge on any atom is 0.226 e. The highest BCUT2D eigenvalue weighted by Crippen LogP contribution is 2.41. The number of unbranched alkanes of at least 4 members (excludes halogenated alkanes) is 2. The number of nitrogens with one attached hydrogen (secondary N) is 1. The predicted molar refractivity (Wildman–Crippen MR) is 231 cm³/mol. The third-order valence-electron chi connectivity index (χ3n) is 11.0. The number of carbonyl (C=O) groups excluding carboxylic acids is 5. The van der Waals surface area contributed by atoms with E-state index in [1.54, 1.807) is 37.3 Å². The molecule has 4 rings (SSSR count). The highest BCUT2D eigenvalue weighted by Gasteiger charge is 2.36. The van der Waals surface area contributed by atoms with Gasteiger partial charge >= 0.3 is 0 Å². The molecule has 13 heteroatoms. The van der Waals surface area contributed by atoms with E-state index in [2.05, 4.69) is 12.2 Å². The quantitative estimate of drug-likeness (QED) is 0.0844. The van der Waals surface area contributed by atoms with E-state index >= 15 is 0 Å². The number of nitriles is 1. The van der Waals surface area contributed by atoms with Crippen LogP contribution in [0.15, 0.2) is 54.6 Å². The Morgan fingerprint density at radius 1 is 0.917 bits per heavy atom. The number of rotatable bonds is 20. The Morgan fingerprint density at radius 2 is 1.60 bits per heavy atom. The second-order valence-electron chi connectivity index (χ2n) is 15.7. The number of hydrogen-bond donors (Lipinski definition) is 4. The number of carbonyl (C=O) groups is 5. The molecule has 1 heterocycles. The fraction of sp³-hybridized carbons (Fsp3) is 0.489. The molecule has 2 amide bonds. The van der Waals surface area contributed by atoms with Gasteiger partial charge < -0.3 is 36.9 Å². The molecule has 60 heavy (non-hydrogen) atoms. The second-order valence-corrected chi connectivity index (χ2v) is 15.7. The lowest BCUT2D eigenvalue weighted by Gasteiger charge is -2.32. The van der Waals surface area contributed by atoms with Crippen molar-refractivity contribution in [1.82, 2.24) is 10.2 Å². The van der Waals surface area contributed by atoms with E-state index in [-0.39, 0.29) is 82.9 Å². The maximum absolute atomic E-state index is 14.6. The number of hydrogen-bond acceptors (Lipinski definition) is 11. The Hall–Kier alpha value is -5.42. The van der Waals surface area contributed by atoms with Crippen LogP contribution < -0.4 is 32.0 Å². The van der Waals surface area contributed by atoms with Crippen molar-refractivity contribution >= 4 is 29.2 Å². The van der Waals surface area contributed by atoms with Gasteiger partial charge in [-0.3, -0.25) is 24.0 Å². The van der Waals surface area contributed by atoms with Crippen LogP contribution in [0.5, 0.6) is 11.5 Å². The number of ether oxygens (including phenoxy) is 2. The van der Waals surface area contributed by atoms with Gasteiger partial charge in [-0.2, -0.15) is 5.26 Å². The molecule has 0 spiro atoms. The van der Waals surface area contributed by atoms with Crippen LogP contribution in [0.1, 0.15) is 104 Å². The number of likely N-dealkylation sites (N-methyl/N-ethyl adjacent to an activating group) is 1. The Morgan fingerprint density at radius 3 is 2.23 bits per heavy atom. The number of Topliss-reactive ketones (excluding diaryl/α,β-unsaturated/α-hetero) is 3. The zero-order valence-electron chi connectivity index (χ0n) is 35.6. The highest BCUT2D eigenvalue weighted by atomic mass is 16.5. The molecule has 3 aromatic rings. The lowest BCUT2D eigenvalue weighted by atomic mass is 9.87. The van der Waals surface area contributed by atoms with Crippen LogP contribution in [0.4, 0.5) is 0 Å². The second kappa shape index (κ2) is 23.4. The summed E-state index contributed by atoms with van der Waals surface area (Å²) in [6.07, 6.45) is 4.09. The lowest BCUT2D eigenvalue weighted by molar-refractivity contribution is -0.142. The van der Waals surface area contributed by atoms with Gasteiger partial charge in [-0.1, -0.05) is 57.0 Å². The molecule has 0 radical (unpaired) electrons. The monoisotopic (exact) mass is 822 g/mol. The number of aryl methyl sites for hydroxylation is 2. The van der Waals surface area contributed by atoms with Gasteiger partial charge in [0.25, 0.3) is 0 Å². The van der Waals surface area contributed by atoms with Crippen LogP contribution in [-0.2, 0) is 32.0 Å². The van der Waals surface area contributed by atoms with Gasteiger partial charge in [0.1, 0.15) is 30.8 Å². The van der Waals surface area contributed by atoms with Crippen LogP contribution in [0, 0.1) is 30.1 Å². The van der Waals surface area contributed by atoms with Crippen molar-refractivity contribution in [2.24, 2.45) is 29.0 Å². The molecule has 7 N–H and O–H groups in total. The Kier molecular flexibility index (Phi) is 18.4. The number of nitrogens with two attached hydrogens (primary N) is 3. The molecule has 0 saturated heterocycles. The van der Waals surface area contributed by atoms with Crippen molar-refractivity contribution in [3.05, 3.63) is 82.4 Å². The highest BCUT2D eigenvalue weighted by molar-refractivity contribution is 6.01. The molecule has 3 aromatic carbocycles. The van der Waals surface area contributed by atoms with Gasteiger partial charge in [0.2, 0.25) is 11.8 Å². The summed E-state index contributed by atoms with van der Waals surface area (Å²) in [6, 6.07) is 16.2.